The molecule has 0 unspecified atom stereocenters. The molecule has 0 saturated carbocycles. The Labute approximate surface area is 86.0 Å². The fraction of sp³-hybridized carbons (Fsp3) is 0.417. The van der Waals surface area contributed by atoms with E-state index in [-0.39, 0.29) is 12.6 Å². The number of esters is 1. The van der Waals surface area contributed by atoms with E-state index in [0.717, 1.165) is 5.57 Å². The van der Waals surface area contributed by atoms with Gasteiger partial charge in [-0.25, -0.2) is 0 Å². The van der Waals surface area contributed by atoms with Crippen molar-refractivity contribution in [2.24, 2.45) is 5.92 Å². The van der Waals surface area contributed by atoms with Crippen LogP contribution in [0.2, 0.25) is 0 Å². The van der Waals surface area contributed by atoms with Crippen molar-refractivity contribution >= 4 is 5.97 Å². The molecular formula is C12H18O2. The van der Waals surface area contributed by atoms with E-state index >= 15 is 0 Å². The third kappa shape index (κ3) is 6.23. The molecule has 0 fully saturated rings. The van der Waals surface area contributed by atoms with Crippen LogP contribution < -0.4 is 0 Å². The molecule has 0 bridgehead atoms. The third-order valence-electron chi connectivity index (χ3n) is 1.57. The van der Waals surface area contributed by atoms with Crippen molar-refractivity contribution in [3.05, 3.63) is 37.0 Å². The largest absolute Gasteiger partial charge is 0.461 e. The maximum absolute atomic E-state index is 11.2. The minimum absolute atomic E-state index is 0.170. The zero-order valence-corrected chi connectivity index (χ0v) is 8.95. The van der Waals surface area contributed by atoms with Gasteiger partial charge in [0.1, 0.15) is 6.61 Å². The molecule has 14 heavy (non-hydrogen) atoms. The van der Waals surface area contributed by atoms with E-state index in [4.69, 9.17) is 4.74 Å². The molecule has 0 heterocycles. The summed E-state index contributed by atoms with van der Waals surface area (Å²) >= 11 is 0. The SMILES string of the molecule is C=C/C=C(\C=C)COC(=O)CC(C)C. The van der Waals surface area contributed by atoms with E-state index in [2.05, 4.69) is 13.2 Å². The maximum atomic E-state index is 11.2. The zero-order valence-electron chi connectivity index (χ0n) is 8.95. The van der Waals surface area contributed by atoms with Crippen molar-refractivity contribution < 1.29 is 9.53 Å². The summed E-state index contributed by atoms with van der Waals surface area (Å²) < 4.78 is 5.03. The molecule has 0 aliphatic carbocycles. The fourth-order valence-corrected chi connectivity index (χ4v) is 0.883. The topological polar surface area (TPSA) is 26.3 Å². The predicted octanol–water partition coefficient (Wildman–Crippen LogP) is 2.87. The van der Waals surface area contributed by atoms with Gasteiger partial charge in [0.15, 0.2) is 0 Å². The van der Waals surface area contributed by atoms with Crippen molar-refractivity contribution in [1.82, 2.24) is 0 Å². The van der Waals surface area contributed by atoms with E-state index in [9.17, 15) is 4.79 Å². The summed E-state index contributed by atoms with van der Waals surface area (Å²) in [6.45, 7) is 11.4. The van der Waals surface area contributed by atoms with Crippen LogP contribution in [0.25, 0.3) is 0 Å². The van der Waals surface area contributed by atoms with Crippen molar-refractivity contribution in [3.8, 4) is 0 Å². The lowest BCUT2D eigenvalue weighted by Crippen LogP contribution is -2.09. The quantitative estimate of drug-likeness (QED) is 0.480. The highest BCUT2D eigenvalue weighted by molar-refractivity contribution is 5.69. The number of hydrogen-bond donors (Lipinski definition) is 0. The molecule has 0 aliphatic rings. The summed E-state index contributed by atoms with van der Waals surface area (Å²) in [5, 5.41) is 0. The molecule has 0 spiro atoms. The van der Waals surface area contributed by atoms with Gasteiger partial charge in [0.2, 0.25) is 0 Å². The Balaban J connectivity index is 3.91. The first-order valence-corrected chi connectivity index (χ1v) is 4.69. The lowest BCUT2D eigenvalue weighted by Gasteiger charge is -2.06. The van der Waals surface area contributed by atoms with Crippen LogP contribution in [0, 0.1) is 5.92 Å². The summed E-state index contributed by atoms with van der Waals surface area (Å²) in [7, 11) is 0. The Bertz CT molecular complexity index is 237. The monoisotopic (exact) mass is 194 g/mol. The lowest BCUT2D eigenvalue weighted by molar-refractivity contribution is -0.143. The molecule has 0 atom stereocenters. The Kier molecular flexibility index (Phi) is 6.46. The van der Waals surface area contributed by atoms with Gasteiger partial charge in [0, 0.05) is 6.42 Å². The third-order valence-corrected chi connectivity index (χ3v) is 1.57. The summed E-state index contributed by atoms with van der Waals surface area (Å²) in [6, 6.07) is 0. The van der Waals surface area contributed by atoms with Gasteiger partial charge in [-0.2, -0.15) is 0 Å². The van der Waals surface area contributed by atoms with Gasteiger partial charge in [-0.05, 0) is 11.5 Å². The molecule has 2 heteroatoms. The summed E-state index contributed by atoms with van der Waals surface area (Å²) in [6.07, 6.45) is 5.53. The second-order valence-electron chi connectivity index (χ2n) is 3.44. The molecule has 0 amide bonds. The summed E-state index contributed by atoms with van der Waals surface area (Å²) in [4.78, 5) is 11.2. The highest BCUT2D eigenvalue weighted by Gasteiger charge is 2.05. The number of carbonyl (C=O) groups is 1. The standard InChI is InChI=1S/C12H18O2/c1-5-7-11(6-2)9-14-12(13)8-10(3)4/h5-7,10H,1-2,8-9H2,3-4H3/b11-7+. The molecule has 0 rings (SSSR count). The minimum atomic E-state index is -0.170. The number of hydrogen-bond acceptors (Lipinski definition) is 2. The Morgan fingerprint density at radius 3 is 2.50 bits per heavy atom. The Morgan fingerprint density at radius 1 is 1.43 bits per heavy atom. The van der Waals surface area contributed by atoms with Crippen molar-refractivity contribution in [3.63, 3.8) is 0 Å². The number of rotatable bonds is 6. The Hall–Kier alpha value is -1.31. The molecule has 0 aromatic heterocycles. The van der Waals surface area contributed by atoms with E-state index in [1.54, 1.807) is 18.2 Å². The predicted molar refractivity (Wildman–Crippen MR) is 58.9 cm³/mol. The van der Waals surface area contributed by atoms with Crippen molar-refractivity contribution in [2.45, 2.75) is 20.3 Å². The van der Waals surface area contributed by atoms with Crippen LogP contribution in [0.4, 0.5) is 0 Å². The van der Waals surface area contributed by atoms with Gasteiger partial charge in [-0.1, -0.05) is 45.2 Å². The van der Waals surface area contributed by atoms with Crippen LogP contribution in [-0.2, 0) is 9.53 Å². The first-order chi connectivity index (χ1) is 6.60. The molecular weight excluding hydrogens is 176 g/mol. The van der Waals surface area contributed by atoms with Crippen molar-refractivity contribution in [1.29, 1.82) is 0 Å². The average molecular weight is 194 g/mol. The van der Waals surface area contributed by atoms with Gasteiger partial charge in [-0.15, -0.1) is 0 Å². The van der Waals surface area contributed by atoms with E-state index in [1.807, 2.05) is 13.8 Å². The second kappa shape index (κ2) is 7.13. The van der Waals surface area contributed by atoms with Gasteiger partial charge < -0.3 is 4.74 Å². The highest BCUT2D eigenvalue weighted by Crippen LogP contribution is 2.03. The first kappa shape index (κ1) is 12.7. The molecule has 0 radical (unpaired) electrons. The van der Waals surface area contributed by atoms with E-state index in [0.29, 0.717) is 12.3 Å². The second-order valence-corrected chi connectivity index (χ2v) is 3.44. The molecule has 0 saturated heterocycles. The molecule has 0 aromatic rings. The number of allylic oxidation sites excluding steroid dienone is 2. The van der Waals surface area contributed by atoms with Crippen molar-refractivity contribution in [2.75, 3.05) is 6.61 Å². The summed E-state index contributed by atoms with van der Waals surface area (Å²) in [5.74, 6) is 0.162. The smallest absolute Gasteiger partial charge is 0.306 e. The van der Waals surface area contributed by atoms with Crippen LogP contribution in [-0.4, -0.2) is 12.6 Å². The fourth-order valence-electron chi connectivity index (χ4n) is 0.883. The van der Waals surface area contributed by atoms with Crippen LogP contribution in [0.5, 0.6) is 0 Å². The molecule has 0 aromatic carbocycles. The molecule has 2 nitrogen and oxygen atoms in total. The molecule has 0 aliphatic heterocycles. The minimum Gasteiger partial charge on any atom is -0.461 e. The maximum Gasteiger partial charge on any atom is 0.306 e. The van der Waals surface area contributed by atoms with E-state index in [1.165, 1.54) is 0 Å². The molecule has 78 valence electrons. The normalized spacial score (nSPS) is 11.2. The van der Waals surface area contributed by atoms with Crippen LogP contribution in [0.15, 0.2) is 37.0 Å². The number of ether oxygens (including phenoxy) is 1. The van der Waals surface area contributed by atoms with E-state index < -0.39 is 0 Å². The van der Waals surface area contributed by atoms with Gasteiger partial charge in [0.05, 0.1) is 0 Å². The lowest BCUT2D eigenvalue weighted by atomic mass is 10.1. The average Bonchev–Trinajstić information content (AvgIpc) is 2.11. The van der Waals surface area contributed by atoms with Crippen LogP contribution >= 0.6 is 0 Å². The van der Waals surface area contributed by atoms with Gasteiger partial charge >= 0.3 is 5.97 Å². The summed E-state index contributed by atoms with van der Waals surface area (Å²) in [5.41, 5.74) is 0.858. The number of carbonyl (C=O) groups excluding carboxylic acids is 1. The highest BCUT2D eigenvalue weighted by atomic mass is 16.5. The van der Waals surface area contributed by atoms with Gasteiger partial charge in [-0.3, -0.25) is 4.79 Å². The Morgan fingerprint density at radius 2 is 2.07 bits per heavy atom. The van der Waals surface area contributed by atoms with Crippen LogP contribution in [0.3, 0.4) is 0 Å². The van der Waals surface area contributed by atoms with Crippen LogP contribution in [0.1, 0.15) is 20.3 Å². The first-order valence-electron chi connectivity index (χ1n) is 4.69. The molecule has 0 N–H and O–H groups in total. The zero-order chi connectivity index (χ0) is 11.0. The van der Waals surface area contributed by atoms with Gasteiger partial charge in [0.25, 0.3) is 0 Å².